The summed E-state index contributed by atoms with van der Waals surface area (Å²) in [5.74, 6) is -0.519. The molecule has 0 saturated carbocycles. The molecule has 1 heterocycles. The van der Waals surface area contributed by atoms with E-state index in [9.17, 15) is 14.0 Å². The van der Waals surface area contributed by atoms with Crippen molar-refractivity contribution in [2.45, 2.75) is 39.0 Å². The predicted octanol–water partition coefficient (Wildman–Crippen LogP) is 4.00. The van der Waals surface area contributed by atoms with Crippen molar-refractivity contribution in [2.24, 2.45) is 0 Å². The molecule has 0 aliphatic rings. The molecule has 0 unspecified atom stereocenters. The monoisotopic (exact) mass is 422 g/mol. The van der Waals surface area contributed by atoms with Crippen LogP contribution in [0.5, 0.6) is 0 Å². The highest BCUT2D eigenvalue weighted by Crippen LogP contribution is 2.22. The van der Waals surface area contributed by atoms with Gasteiger partial charge in [-0.25, -0.2) is 9.07 Å². The number of rotatable bonds is 10. The van der Waals surface area contributed by atoms with Crippen molar-refractivity contribution >= 4 is 17.4 Å². The van der Waals surface area contributed by atoms with Gasteiger partial charge in [-0.1, -0.05) is 24.1 Å². The first kappa shape index (κ1) is 22.2. The maximum absolute atomic E-state index is 14.2. The Morgan fingerprint density at radius 2 is 1.90 bits per heavy atom. The summed E-state index contributed by atoms with van der Waals surface area (Å²) in [6.07, 6.45) is 6.13. The minimum Gasteiger partial charge on any atom is -0.398 e. The van der Waals surface area contributed by atoms with Gasteiger partial charge in [0.05, 0.1) is 0 Å². The topological polar surface area (TPSA) is 90.0 Å². The van der Waals surface area contributed by atoms with Gasteiger partial charge in [0.2, 0.25) is 0 Å². The Kier molecular flexibility index (Phi) is 7.54. The van der Waals surface area contributed by atoms with Gasteiger partial charge in [0, 0.05) is 43.0 Å². The number of hydrogen-bond donors (Lipinski definition) is 2. The van der Waals surface area contributed by atoms with Gasteiger partial charge in [0.1, 0.15) is 11.5 Å². The Balaban J connectivity index is 1.40. The SMILES string of the molecule is Cc1ccc(C(=O)NCCCCCC(=O)Cc2cc(-n3cccn3)c(F)cc2N)cc1. The largest absolute Gasteiger partial charge is 0.398 e. The number of hydrogen-bond acceptors (Lipinski definition) is 4. The molecule has 3 rings (SSSR count). The Bertz CT molecular complexity index is 1030. The molecule has 31 heavy (non-hydrogen) atoms. The van der Waals surface area contributed by atoms with Crippen molar-refractivity contribution in [3.63, 3.8) is 0 Å². The Morgan fingerprint density at radius 3 is 2.61 bits per heavy atom. The molecule has 1 aromatic heterocycles. The van der Waals surface area contributed by atoms with Crippen LogP contribution in [0.2, 0.25) is 0 Å². The summed E-state index contributed by atoms with van der Waals surface area (Å²) in [6.45, 7) is 2.55. The quantitative estimate of drug-likeness (QED) is 0.382. The van der Waals surface area contributed by atoms with Crippen LogP contribution < -0.4 is 11.1 Å². The number of aryl methyl sites for hydroxylation is 1. The number of nitrogens with zero attached hydrogens (tertiary/aromatic N) is 2. The number of benzene rings is 2. The van der Waals surface area contributed by atoms with Crippen LogP contribution >= 0.6 is 0 Å². The summed E-state index contributed by atoms with van der Waals surface area (Å²) in [5.41, 5.74) is 8.80. The van der Waals surface area contributed by atoms with E-state index < -0.39 is 5.82 Å². The minimum absolute atomic E-state index is 0.0495. The van der Waals surface area contributed by atoms with E-state index in [0.717, 1.165) is 24.8 Å². The maximum Gasteiger partial charge on any atom is 0.251 e. The number of ketones is 1. The fourth-order valence-corrected chi connectivity index (χ4v) is 3.29. The van der Waals surface area contributed by atoms with Gasteiger partial charge in [-0.15, -0.1) is 0 Å². The van der Waals surface area contributed by atoms with Crippen LogP contribution in [0.1, 0.15) is 47.2 Å². The van der Waals surface area contributed by atoms with Crippen LogP contribution in [0, 0.1) is 12.7 Å². The summed E-state index contributed by atoms with van der Waals surface area (Å²) >= 11 is 0. The second kappa shape index (κ2) is 10.5. The molecule has 0 radical (unpaired) electrons. The van der Waals surface area contributed by atoms with E-state index in [4.69, 9.17) is 5.73 Å². The van der Waals surface area contributed by atoms with Gasteiger partial charge in [-0.2, -0.15) is 5.10 Å². The molecule has 0 bridgehead atoms. The number of nitrogens with two attached hydrogens (primary N) is 1. The average Bonchev–Trinajstić information content (AvgIpc) is 3.27. The lowest BCUT2D eigenvalue weighted by Crippen LogP contribution is -2.24. The first-order valence-electron chi connectivity index (χ1n) is 10.4. The highest BCUT2D eigenvalue weighted by atomic mass is 19.1. The first-order valence-corrected chi connectivity index (χ1v) is 10.4. The van der Waals surface area contributed by atoms with Crippen LogP contribution in [-0.2, 0) is 11.2 Å². The number of nitrogens with one attached hydrogen (secondary N) is 1. The third-order valence-electron chi connectivity index (χ3n) is 5.08. The van der Waals surface area contributed by atoms with Crippen molar-refractivity contribution in [1.82, 2.24) is 15.1 Å². The van der Waals surface area contributed by atoms with Gasteiger partial charge in [-0.3, -0.25) is 9.59 Å². The lowest BCUT2D eigenvalue weighted by Gasteiger charge is -2.10. The standard InChI is InChI=1S/C24H27FN4O2/c1-17-7-9-18(10-8-17)24(31)27-11-4-2-3-6-20(30)14-19-15-23(21(25)16-22(19)26)29-13-5-12-28-29/h5,7-10,12-13,15-16H,2-4,6,11,14,26H2,1H3,(H,27,31). The number of Topliss-reactive ketones (excluding diaryl/α,β-unsaturated/α-hetero) is 1. The molecule has 0 saturated heterocycles. The van der Waals surface area contributed by atoms with Crippen LogP contribution in [0.15, 0.2) is 54.9 Å². The Hall–Kier alpha value is -3.48. The van der Waals surface area contributed by atoms with E-state index in [0.29, 0.717) is 24.1 Å². The van der Waals surface area contributed by atoms with Crippen molar-refractivity contribution in [3.05, 3.63) is 77.4 Å². The van der Waals surface area contributed by atoms with Crippen LogP contribution in [0.4, 0.5) is 10.1 Å². The molecule has 7 heteroatoms. The van der Waals surface area contributed by atoms with Crippen LogP contribution in [0.3, 0.4) is 0 Å². The first-order chi connectivity index (χ1) is 14.9. The molecule has 0 aliphatic carbocycles. The molecule has 0 atom stereocenters. The number of anilines is 1. The number of amides is 1. The second-order valence-corrected chi connectivity index (χ2v) is 7.60. The van der Waals surface area contributed by atoms with Gasteiger partial charge >= 0.3 is 0 Å². The van der Waals surface area contributed by atoms with Gasteiger partial charge in [0.25, 0.3) is 5.91 Å². The molecule has 0 aliphatic heterocycles. The van der Waals surface area contributed by atoms with E-state index in [2.05, 4.69) is 10.4 Å². The highest BCUT2D eigenvalue weighted by Gasteiger charge is 2.13. The van der Waals surface area contributed by atoms with Gasteiger partial charge < -0.3 is 11.1 Å². The lowest BCUT2D eigenvalue weighted by atomic mass is 10.0. The zero-order valence-electron chi connectivity index (χ0n) is 17.6. The molecule has 1 amide bonds. The molecule has 3 aromatic rings. The summed E-state index contributed by atoms with van der Waals surface area (Å²) in [7, 11) is 0. The molecule has 162 valence electrons. The Morgan fingerprint density at radius 1 is 1.13 bits per heavy atom. The van der Waals surface area contributed by atoms with E-state index in [1.165, 1.54) is 10.7 Å². The van der Waals surface area contributed by atoms with E-state index in [1.54, 1.807) is 24.5 Å². The summed E-state index contributed by atoms with van der Waals surface area (Å²) in [5, 5.41) is 6.93. The molecule has 6 nitrogen and oxygen atoms in total. The third kappa shape index (κ3) is 6.25. The molecular weight excluding hydrogens is 395 g/mol. The van der Waals surface area contributed by atoms with Crippen molar-refractivity contribution < 1.29 is 14.0 Å². The minimum atomic E-state index is -0.481. The number of nitrogen functional groups attached to an aromatic ring is 1. The zero-order chi connectivity index (χ0) is 22.2. The molecule has 0 fully saturated rings. The highest BCUT2D eigenvalue weighted by molar-refractivity contribution is 5.94. The van der Waals surface area contributed by atoms with Crippen LogP contribution in [-0.4, -0.2) is 28.0 Å². The number of carbonyl (C=O) groups excluding carboxylic acids is 2. The predicted molar refractivity (Wildman–Crippen MR) is 119 cm³/mol. The molecule has 3 N–H and O–H groups in total. The summed E-state index contributed by atoms with van der Waals surface area (Å²) in [4.78, 5) is 24.4. The molecule has 0 spiro atoms. The van der Waals surface area contributed by atoms with Crippen LogP contribution in [0.25, 0.3) is 5.69 Å². The van der Waals surface area contributed by atoms with Crippen molar-refractivity contribution in [2.75, 3.05) is 12.3 Å². The number of unbranched alkanes of at least 4 members (excludes halogenated alkanes) is 2. The average molecular weight is 423 g/mol. The maximum atomic E-state index is 14.2. The Labute approximate surface area is 181 Å². The third-order valence-corrected chi connectivity index (χ3v) is 5.08. The molecule has 2 aromatic carbocycles. The fraction of sp³-hybridized carbons (Fsp3) is 0.292. The number of halogens is 1. The van der Waals surface area contributed by atoms with Gasteiger partial charge in [0.15, 0.2) is 5.82 Å². The number of carbonyl (C=O) groups is 2. The smallest absolute Gasteiger partial charge is 0.251 e. The second-order valence-electron chi connectivity index (χ2n) is 7.60. The van der Waals surface area contributed by atoms with Gasteiger partial charge in [-0.05, 0) is 55.7 Å². The normalized spacial score (nSPS) is 10.8. The van der Waals surface area contributed by atoms with Crippen molar-refractivity contribution in [3.8, 4) is 5.69 Å². The lowest BCUT2D eigenvalue weighted by molar-refractivity contribution is -0.118. The summed E-state index contributed by atoms with van der Waals surface area (Å²) < 4.78 is 15.6. The molecular formula is C24H27FN4O2. The van der Waals surface area contributed by atoms with E-state index in [1.807, 2.05) is 31.2 Å². The van der Waals surface area contributed by atoms with Crippen molar-refractivity contribution in [1.29, 1.82) is 0 Å². The number of aromatic nitrogens is 2. The summed E-state index contributed by atoms with van der Waals surface area (Å²) in [6, 6.07) is 11.9. The zero-order valence-corrected chi connectivity index (χ0v) is 17.6. The fourth-order valence-electron chi connectivity index (χ4n) is 3.29. The van der Waals surface area contributed by atoms with E-state index >= 15 is 0 Å². The van der Waals surface area contributed by atoms with E-state index in [-0.39, 0.29) is 29.5 Å².